The molecule has 2 aromatic carbocycles. The molecule has 1 amide bonds. The lowest BCUT2D eigenvalue weighted by Crippen LogP contribution is -2.59. The lowest BCUT2D eigenvalue weighted by Gasteiger charge is -2.63. The number of carbonyl (C=O) groups excluding carboxylic acids is 1. The molecule has 240 valence electrons. The molecule has 3 unspecified atom stereocenters. The summed E-state index contributed by atoms with van der Waals surface area (Å²) in [4.78, 5) is 14.2. The largest absolute Gasteiger partial charge is 0.490 e. The minimum Gasteiger partial charge on any atom is -0.490 e. The molecule has 4 aliphatic rings. The maximum Gasteiger partial charge on any atom is 0.222 e. The number of nitrogens with zero attached hydrogens (tertiary/aromatic N) is 1. The zero-order chi connectivity index (χ0) is 31.2. The zero-order valence-corrected chi connectivity index (χ0v) is 27.6. The monoisotopic (exact) mass is 601 g/mol. The van der Waals surface area contributed by atoms with Crippen molar-refractivity contribution in [3.63, 3.8) is 0 Å². The first kappa shape index (κ1) is 31.1. The second-order valence-corrected chi connectivity index (χ2v) is 15.6. The highest BCUT2D eigenvalue weighted by atomic mass is 16.5. The van der Waals surface area contributed by atoms with Gasteiger partial charge in [-0.1, -0.05) is 20.8 Å². The number of anilines is 2. The molecule has 4 saturated carbocycles. The highest BCUT2D eigenvalue weighted by Gasteiger charge is 2.63. The molecule has 2 aromatic rings. The van der Waals surface area contributed by atoms with E-state index in [9.17, 15) is 4.79 Å². The quantitative estimate of drug-likeness (QED) is 0.301. The maximum absolute atomic E-state index is 12.4. The summed E-state index contributed by atoms with van der Waals surface area (Å²) in [7, 11) is 3.75. The number of hydrogen-bond acceptors (Lipinski definition) is 5. The minimum atomic E-state index is 0.152. The Bertz CT molecular complexity index is 1300. The number of benzene rings is 2. The van der Waals surface area contributed by atoms with Gasteiger partial charge < -0.3 is 25.8 Å². The van der Waals surface area contributed by atoms with Crippen LogP contribution < -0.4 is 20.9 Å². The molecule has 44 heavy (non-hydrogen) atoms. The molecule has 4 fully saturated rings. The zero-order valence-electron chi connectivity index (χ0n) is 27.6. The van der Waals surface area contributed by atoms with Crippen molar-refractivity contribution in [2.24, 2.45) is 46.3 Å². The van der Waals surface area contributed by atoms with Crippen LogP contribution in [0.25, 0.3) is 0 Å². The number of fused-ring (bicyclic) bond motifs is 5. The lowest BCUT2D eigenvalue weighted by atomic mass is 9.43. The predicted molar refractivity (Wildman–Crippen MR) is 178 cm³/mol. The summed E-state index contributed by atoms with van der Waals surface area (Å²) in [6.07, 6.45) is 11.6. The molecule has 0 spiro atoms. The number of nitrogens with two attached hydrogens (primary N) is 2. The average molecular weight is 602 g/mol. The van der Waals surface area contributed by atoms with Crippen LogP contribution in [0.2, 0.25) is 0 Å². The fraction of sp³-hybridized carbons (Fsp3) is 0.658. The number of hydrogen-bond donors (Lipinski definition) is 2. The van der Waals surface area contributed by atoms with E-state index in [2.05, 4.69) is 20.8 Å². The molecular formula is C38H55N3O3. The first-order valence-corrected chi connectivity index (χ1v) is 17.2. The minimum absolute atomic E-state index is 0.152. The van der Waals surface area contributed by atoms with E-state index in [1.807, 2.05) is 62.6 Å². The summed E-state index contributed by atoms with van der Waals surface area (Å²) < 4.78 is 13.6. The van der Waals surface area contributed by atoms with Gasteiger partial charge in [-0.15, -0.1) is 0 Å². The highest BCUT2D eigenvalue weighted by molar-refractivity contribution is 5.75. The van der Waals surface area contributed by atoms with E-state index in [4.69, 9.17) is 20.9 Å². The molecular weight excluding hydrogens is 546 g/mol. The molecule has 4 aliphatic carbocycles. The van der Waals surface area contributed by atoms with Crippen LogP contribution in [-0.4, -0.2) is 37.1 Å². The van der Waals surface area contributed by atoms with E-state index < -0.39 is 0 Å². The fourth-order valence-electron chi connectivity index (χ4n) is 10.7. The summed E-state index contributed by atoms with van der Waals surface area (Å²) in [6.45, 7) is 7.62. The van der Waals surface area contributed by atoms with Crippen LogP contribution in [0.3, 0.4) is 0 Å². The van der Waals surface area contributed by atoms with E-state index in [0.717, 1.165) is 60.4 Å². The van der Waals surface area contributed by atoms with Gasteiger partial charge in [-0.05, 0) is 147 Å². The van der Waals surface area contributed by atoms with Crippen LogP contribution in [0.5, 0.6) is 11.5 Å². The van der Waals surface area contributed by atoms with Gasteiger partial charge in [0, 0.05) is 37.8 Å². The maximum atomic E-state index is 12.4. The van der Waals surface area contributed by atoms with Crippen LogP contribution in [0.1, 0.15) is 85.0 Å². The van der Waals surface area contributed by atoms with Crippen LogP contribution in [-0.2, 0) is 4.79 Å². The molecule has 6 heteroatoms. The Kier molecular flexibility index (Phi) is 8.58. The van der Waals surface area contributed by atoms with Crippen molar-refractivity contribution < 1.29 is 14.3 Å². The van der Waals surface area contributed by atoms with Gasteiger partial charge in [0.1, 0.15) is 17.6 Å². The first-order chi connectivity index (χ1) is 21.0. The van der Waals surface area contributed by atoms with Gasteiger partial charge in [-0.25, -0.2) is 0 Å². The molecule has 6 nitrogen and oxygen atoms in total. The van der Waals surface area contributed by atoms with Crippen molar-refractivity contribution >= 4 is 17.3 Å². The highest BCUT2D eigenvalue weighted by Crippen LogP contribution is 2.68. The third-order valence-electron chi connectivity index (χ3n) is 13.0. The molecule has 0 bridgehead atoms. The predicted octanol–water partition coefficient (Wildman–Crippen LogP) is 7.82. The van der Waals surface area contributed by atoms with E-state index in [1.165, 1.54) is 32.1 Å². The molecule has 0 aliphatic heterocycles. The number of nitrogen functional groups attached to an aromatic ring is 2. The van der Waals surface area contributed by atoms with Gasteiger partial charge in [0.15, 0.2) is 0 Å². The van der Waals surface area contributed by atoms with Gasteiger partial charge >= 0.3 is 0 Å². The smallest absolute Gasteiger partial charge is 0.222 e. The Morgan fingerprint density at radius 2 is 1.41 bits per heavy atom. The molecule has 0 saturated heterocycles. The summed E-state index contributed by atoms with van der Waals surface area (Å²) in [5, 5.41) is 0. The summed E-state index contributed by atoms with van der Waals surface area (Å²) >= 11 is 0. The number of carbonyl (C=O) groups is 1. The van der Waals surface area contributed by atoms with Gasteiger partial charge in [-0.2, -0.15) is 0 Å². The molecule has 0 aromatic heterocycles. The van der Waals surface area contributed by atoms with Crippen LogP contribution in [0.15, 0.2) is 48.5 Å². The second-order valence-electron chi connectivity index (χ2n) is 15.6. The summed E-state index contributed by atoms with van der Waals surface area (Å²) in [5.74, 6) is 5.89. The van der Waals surface area contributed by atoms with Crippen molar-refractivity contribution in [3.8, 4) is 11.5 Å². The van der Waals surface area contributed by atoms with Gasteiger partial charge in [-0.3, -0.25) is 4.79 Å². The van der Waals surface area contributed by atoms with Crippen molar-refractivity contribution in [2.45, 2.75) is 97.2 Å². The Labute approximate surface area is 265 Å². The Balaban J connectivity index is 1.24. The van der Waals surface area contributed by atoms with E-state index in [1.54, 1.807) is 4.90 Å². The van der Waals surface area contributed by atoms with Crippen molar-refractivity contribution in [3.05, 3.63) is 48.5 Å². The van der Waals surface area contributed by atoms with Gasteiger partial charge in [0.25, 0.3) is 0 Å². The number of amides is 1. The van der Waals surface area contributed by atoms with Crippen molar-refractivity contribution in [1.29, 1.82) is 0 Å². The van der Waals surface area contributed by atoms with E-state index in [-0.39, 0.29) is 23.5 Å². The number of rotatable bonds is 8. The van der Waals surface area contributed by atoms with Crippen molar-refractivity contribution in [1.82, 2.24) is 4.90 Å². The Morgan fingerprint density at radius 1 is 0.818 bits per heavy atom. The SMILES string of the molecule is C[C@H](CCC(=O)N(C)C)[C@H]1CC[C@H]2[C@@H]3CC(Oc4ccc(N)cc4)C4CC(Oc5ccc(N)cc5)CC[C@]4(C)[C@H]3CC[C@]12C. The first-order valence-electron chi connectivity index (χ1n) is 17.2. The summed E-state index contributed by atoms with van der Waals surface area (Å²) in [6, 6.07) is 15.8. The normalized spacial score (nSPS) is 36.8. The van der Waals surface area contributed by atoms with Crippen molar-refractivity contribution in [2.75, 3.05) is 25.6 Å². The standard InChI is InChI=1S/C38H55N3O3/c1-24(6-17-36(42)41(4)5)31-15-16-32-30-23-35(44-28-13-9-26(40)10-14-28)34-22-29(43-27-11-7-25(39)8-12-27)18-20-38(34,3)33(30)19-21-37(31,32)2/h7-14,24,29-35H,6,15-23,39-40H2,1-5H3/t24-,29?,30+,31-,32+,33+,34?,35?,37-,38-/m1/s1. The molecule has 4 N–H and O–H groups in total. The Hall–Kier alpha value is -2.89. The van der Waals surface area contributed by atoms with Gasteiger partial charge in [0.2, 0.25) is 5.91 Å². The van der Waals surface area contributed by atoms with Crippen LogP contribution in [0.4, 0.5) is 11.4 Å². The summed E-state index contributed by atoms with van der Waals surface area (Å²) in [5.41, 5.74) is 14.1. The van der Waals surface area contributed by atoms with Gasteiger partial charge in [0.05, 0.1) is 6.10 Å². The number of ether oxygens (including phenoxy) is 2. The lowest BCUT2D eigenvalue weighted by molar-refractivity contribution is -0.164. The van der Waals surface area contributed by atoms with Crippen LogP contribution >= 0.6 is 0 Å². The van der Waals surface area contributed by atoms with Crippen LogP contribution in [0, 0.1) is 46.3 Å². The third-order valence-corrected chi connectivity index (χ3v) is 13.0. The Morgan fingerprint density at radius 3 is 2.05 bits per heavy atom. The molecule has 0 radical (unpaired) electrons. The van der Waals surface area contributed by atoms with E-state index >= 15 is 0 Å². The average Bonchev–Trinajstić information content (AvgIpc) is 3.36. The third kappa shape index (κ3) is 5.78. The molecule has 0 heterocycles. The molecule has 10 atom stereocenters. The fourth-order valence-corrected chi connectivity index (χ4v) is 10.7. The topological polar surface area (TPSA) is 90.8 Å². The molecule has 6 rings (SSSR count). The second kappa shape index (κ2) is 12.1. The van der Waals surface area contributed by atoms with E-state index in [0.29, 0.717) is 35.5 Å².